The largest absolute Gasteiger partial charge is 0.361 e. The Labute approximate surface area is 207 Å². The number of benzene rings is 2. The molecule has 2 atom stereocenters. The summed E-state index contributed by atoms with van der Waals surface area (Å²) in [7, 11) is 0. The number of carbonyl (C=O) groups is 3. The molecule has 0 saturated carbocycles. The van der Waals surface area contributed by atoms with E-state index in [9.17, 15) is 14.4 Å². The van der Waals surface area contributed by atoms with E-state index < -0.39 is 17.5 Å². The van der Waals surface area contributed by atoms with E-state index in [2.05, 4.69) is 20.9 Å². The molecule has 2 aromatic carbocycles. The highest BCUT2D eigenvalue weighted by Gasteiger charge is 2.30. The summed E-state index contributed by atoms with van der Waals surface area (Å²) in [5, 5.41) is 9.64. The third kappa shape index (κ3) is 7.18. The molecular weight excluding hydrogens is 440 g/mol. The van der Waals surface area contributed by atoms with Crippen LogP contribution in [0.3, 0.4) is 0 Å². The second-order valence-electron chi connectivity index (χ2n) is 9.82. The van der Waals surface area contributed by atoms with Crippen molar-refractivity contribution in [3.05, 3.63) is 71.9 Å². The highest BCUT2D eigenvalue weighted by molar-refractivity contribution is 5.94. The standard InChI is InChI=1S/C28H36N4O3/c1-5-29-25(33)23(16-15-19-11-7-6-8-12-19)31-26(34)24(32-27(35)28(2,3)4)17-20-18-30-22-14-10-9-13-21(20)22/h6-14,18,23-24,30H,5,15-17H2,1-4H3,(H,29,33)(H,31,34)(H,32,35)/t23-,24?/m0/s1. The number of para-hydroxylation sites is 1. The lowest BCUT2D eigenvalue weighted by Gasteiger charge is -2.26. The number of fused-ring (bicyclic) bond motifs is 1. The van der Waals surface area contributed by atoms with E-state index in [-0.39, 0.29) is 17.7 Å². The fourth-order valence-electron chi connectivity index (χ4n) is 3.90. The molecule has 0 spiro atoms. The molecule has 0 aliphatic carbocycles. The van der Waals surface area contributed by atoms with E-state index in [1.165, 1.54) is 0 Å². The van der Waals surface area contributed by atoms with Gasteiger partial charge in [0.2, 0.25) is 17.7 Å². The zero-order chi connectivity index (χ0) is 25.4. The first-order valence-electron chi connectivity index (χ1n) is 12.2. The number of aromatic nitrogens is 1. The summed E-state index contributed by atoms with van der Waals surface area (Å²) in [4.78, 5) is 42.3. The lowest BCUT2D eigenvalue weighted by atomic mass is 9.94. The van der Waals surface area contributed by atoms with Crippen molar-refractivity contribution in [1.82, 2.24) is 20.9 Å². The van der Waals surface area contributed by atoms with Gasteiger partial charge in [-0.3, -0.25) is 14.4 Å². The van der Waals surface area contributed by atoms with E-state index in [0.717, 1.165) is 22.0 Å². The van der Waals surface area contributed by atoms with Gasteiger partial charge in [-0.05, 0) is 37.0 Å². The van der Waals surface area contributed by atoms with Gasteiger partial charge < -0.3 is 20.9 Å². The average molecular weight is 477 g/mol. The van der Waals surface area contributed by atoms with Crippen LogP contribution in [0.5, 0.6) is 0 Å². The zero-order valence-corrected chi connectivity index (χ0v) is 21.0. The molecule has 1 unspecified atom stereocenters. The molecule has 3 aromatic rings. The van der Waals surface area contributed by atoms with Crippen LogP contribution in [0.4, 0.5) is 0 Å². The van der Waals surface area contributed by atoms with Crippen LogP contribution in [0.15, 0.2) is 60.8 Å². The number of aromatic amines is 1. The van der Waals surface area contributed by atoms with Gasteiger partial charge in [-0.2, -0.15) is 0 Å². The summed E-state index contributed by atoms with van der Waals surface area (Å²) in [6, 6.07) is 16.2. The molecular formula is C28H36N4O3. The third-order valence-electron chi connectivity index (χ3n) is 5.95. The SMILES string of the molecule is CCNC(=O)[C@H](CCc1ccccc1)NC(=O)C(Cc1c[nH]c2ccccc12)NC(=O)C(C)(C)C. The molecule has 4 N–H and O–H groups in total. The van der Waals surface area contributed by atoms with Crippen molar-refractivity contribution < 1.29 is 14.4 Å². The summed E-state index contributed by atoms with van der Waals surface area (Å²) in [5.74, 6) is -0.835. The van der Waals surface area contributed by atoms with Gasteiger partial charge in [0.05, 0.1) is 0 Å². The summed E-state index contributed by atoms with van der Waals surface area (Å²) in [6.45, 7) is 7.73. The summed E-state index contributed by atoms with van der Waals surface area (Å²) in [6.07, 6.45) is 3.27. The van der Waals surface area contributed by atoms with E-state index in [0.29, 0.717) is 25.8 Å². The van der Waals surface area contributed by atoms with Gasteiger partial charge in [0.15, 0.2) is 0 Å². The van der Waals surface area contributed by atoms with Crippen molar-refractivity contribution in [2.75, 3.05) is 6.54 Å². The fraction of sp³-hybridized carbons (Fsp3) is 0.393. The Morgan fingerprint density at radius 1 is 0.886 bits per heavy atom. The molecule has 3 amide bonds. The molecule has 1 aromatic heterocycles. The molecule has 0 saturated heterocycles. The first-order valence-corrected chi connectivity index (χ1v) is 12.2. The number of aryl methyl sites for hydroxylation is 1. The lowest BCUT2D eigenvalue weighted by Crippen LogP contribution is -2.55. The fourth-order valence-corrected chi connectivity index (χ4v) is 3.90. The van der Waals surface area contributed by atoms with Gasteiger partial charge in [0.1, 0.15) is 12.1 Å². The predicted octanol–water partition coefficient (Wildman–Crippen LogP) is 3.50. The van der Waals surface area contributed by atoms with Crippen LogP contribution in [0.1, 0.15) is 45.2 Å². The topological polar surface area (TPSA) is 103 Å². The number of carbonyl (C=O) groups excluding carboxylic acids is 3. The van der Waals surface area contributed by atoms with Crippen LogP contribution in [-0.2, 0) is 27.2 Å². The van der Waals surface area contributed by atoms with E-state index in [4.69, 9.17) is 0 Å². The summed E-state index contributed by atoms with van der Waals surface area (Å²) >= 11 is 0. The predicted molar refractivity (Wildman–Crippen MR) is 139 cm³/mol. The Morgan fingerprint density at radius 3 is 2.26 bits per heavy atom. The van der Waals surface area contributed by atoms with Gasteiger partial charge >= 0.3 is 0 Å². The minimum atomic E-state index is -0.824. The average Bonchev–Trinajstić information content (AvgIpc) is 3.24. The molecule has 35 heavy (non-hydrogen) atoms. The Bertz CT molecular complexity index is 1150. The Kier molecular flexibility index (Phi) is 8.68. The van der Waals surface area contributed by atoms with Crippen LogP contribution >= 0.6 is 0 Å². The number of hydrogen-bond acceptors (Lipinski definition) is 3. The smallest absolute Gasteiger partial charge is 0.243 e. The van der Waals surface area contributed by atoms with E-state index >= 15 is 0 Å². The Morgan fingerprint density at radius 2 is 1.57 bits per heavy atom. The monoisotopic (exact) mass is 476 g/mol. The molecule has 7 heteroatoms. The highest BCUT2D eigenvalue weighted by atomic mass is 16.2. The second kappa shape index (κ2) is 11.7. The first kappa shape index (κ1) is 26.0. The number of hydrogen-bond donors (Lipinski definition) is 4. The summed E-state index contributed by atoms with van der Waals surface area (Å²) in [5.41, 5.74) is 2.32. The van der Waals surface area contributed by atoms with Gasteiger partial charge in [-0.1, -0.05) is 69.3 Å². The van der Waals surface area contributed by atoms with E-state index in [1.807, 2.05) is 67.7 Å². The van der Waals surface area contributed by atoms with Crippen LogP contribution in [0.25, 0.3) is 10.9 Å². The number of H-pyrrole nitrogens is 1. The Balaban J connectivity index is 1.81. The molecule has 0 radical (unpaired) electrons. The number of rotatable bonds is 10. The molecule has 7 nitrogen and oxygen atoms in total. The molecule has 0 aliphatic rings. The lowest BCUT2D eigenvalue weighted by molar-refractivity contribution is -0.134. The zero-order valence-electron chi connectivity index (χ0n) is 21.0. The van der Waals surface area contributed by atoms with Crippen LogP contribution in [0, 0.1) is 5.41 Å². The van der Waals surface area contributed by atoms with Crippen LogP contribution in [-0.4, -0.2) is 41.3 Å². The van der Waals surface area contributed by atoms with Crippen molar-refractivity contribution in [1.29, 1.82) is 0 Å². The highest BCUT2D eigenvalue weighted by Crippen LogP contribution is 2.20. The van der Waals surface area contributed by atoms with Crippen molar-refractivity contribution in [2.45, 2.75) is 59.0 Å². The van der Waals surface area contributed by atoms with Gasteiger partial charge in [-0.25, -0.2) is 0 Å². The van der Waals surface area contributed by atoms with Gasteiger partial charge in [0, 0.05) is 35.5 Å². The molecule has 1 heterocycles. The van der Waals surface area contributed by atoms with Crippen molar-refractivity contribution in [2.24, 2.45) is 5.41 Å². The second-order valence-corrected chi connectivity index (χ2v) is 9.82. The van der Waals surface area contributed by atoms with Crippen LogP contribution in [0.2, 0.25) is 0 Å². The third-order valence-corrected chi connectivity index (χ3v) is 5.95. The van der Waals surface area contributed by atoms with Crippen molar-refractivity contribution in [3.8, 4) is 0 Å². The normalized spacial score (nSPS) is 13.1. The number of nitrogens with one attached hydrogen (secondary N) is 4. The molecule has 0 fully saturated rings. The van der Waals surface area contributed by atoms with Gasteiger partial charge in [0.25, 0.3) is 0 Å². The quantitative estimate of drug-likeness (QED) is 0.360. The van der Waals surface area contributed by atoms with Crippen molar-refractivity contribution >= 4 is 28.6 Å². The first-order chi connectivity index (χ1) is 16.7. The van der Waals surface area contributed by atoms with Crippen molar-refractivity contribution in [3.63, 3.8) is 0 Å². The Hall–Kier alpha value is -3.61. The van der Waals surface area contributed by atoms with Gasteiger partial charge in [-0.15, -0.1) is 0 Å². The number of amides is 3. The molecule has 3 rings (SSSR count). The molecule has 0 aliphatic heterocycles. The number of likely N-dealkylation sites (N-methyl/N-ethyl adjacent to an activating group) is 1. The van der Waals surface area contributed by atoms with Crippen LogP contribution < -0.4 is 16.0 Å². The minimum absolute atomic E-state index is 0.226. The maximum Gasteiger partial charge on any atom is 0.243 e. The maximum atomic E-state index is 13.5. The molecule has 0 bridgehead atoms. The minimum Gasteiger partial charge on any atom is -0.361 e. The molecule has 186 valence electrons. The maximum absolute atomic E-state index is 13.5. The van der Waals surface area contributed by atoms with E-state index in [1.54, 1.807) is 20.8 Å². The summed E-state index contributed by atoms with van der Waals surface area (Å²) < 4.78 is 0.